The molecule has 7 heteroatoms. The smallest absolute Gasteiger partial charge is 0.265 e. The largest absolute Gasteiger partial charge is 0.479 e. The van der Waals surface area contributed by atoms with Gasteiger partial charge in [0.2, 0.25) is 0 Å². The second-order valence-electron chi connectivity index (χ2n) is 6.10. The zero-order chi connectivity index (χ0) is 19.9. The first-order valence-corrected chi connectivity index (χ1v) is 9.38. The van der Waals surface area contributed by atoms with Gasteiger partial charge >= 0.3 is 0 Å². The van der Waals surface area contributed by atoms with Crippen molar-refractivity contribution in [3.63, 3.8) is 0 Å². The summed E-state index contributed by atoms with van der Waals surface area (Å²) in [4.78, 5) is 12.4. The molecule has 0 fully saturated rings. The molecule has 1 atom stereocenters. The minimum atomic E-state index is -0.738. The number of halogens is 2. The molecule has 0 radical (unpaired) electrons. The Morgan fingerprint density at radius 2 is 1.96 bits per heavy atom. The van der Waals surface area contributed by atoms with E-state index in [9.17, 15) is 4.79 Å². The highest BCUT2D eigenvalue weighted by molar-refractivity contribution is 6.35. The van der Waals surface area contributed by atoms with Gasteiger partial charge in [-0.3, -0.25) is 4.79 Å². The Bertz CT molecular complexity index is 928. The van der Waals surface area contributed by atoms with Crippen molar-refractivity contribution >= 4 is 34.8 Å². The van der Waals surface area contributed by atoms with E-state index in [1.165, 1.54) is 0 Å². The summed E-state index contributed by atoms with van der Waals surface area (Å²) in [6.07, 6.45) is 0.868. The van der Waals surface area contributed by atoms with Gasteiger partial charge in [-0.1, -0.05) is 35.3 Å². The predicted molar refractivity (Wildman–Crippen MR) is 109 cm³/mol. The van der Waals surface area contributed by atoms with Crippen LogP contribution in [0.25, 0.3) is 0 Å². The molecule has 0 aliphatic carbocycles. The molecule has 3 rings (SSSR count). The molecule has 1 amide bonds. The fraction of sp³-hybridized carbons (Fsp3) is 0.190. The average Bonchev–Trinajstić information content (AvgIpc) is 3.18. The van der Waals surface area contributed by atoms with Gasteiger partial charge in [0.05, 0.1) is 17.9 Å². The molecule has 0 bridgehead atoms. The number of furan rings is 1. The van der Waals surface area contributed by atoms with E-state index in [-0.39, 0.29) is 5.91 Å². The van der Waals surface area contributed by atoms with E-state index in [0.29, 0.717) is 34.7 Å². The van der Waals surface area contributed by atoms with Crippen LogP contribution in [0, 0.1) is 0 Å². The lowest BCUT2D eigenvalue weighted by atomic mass is 10.2. The first-order chi connectivity index (χ1) is 13.5. The van der Waals surface area contributed by atoms with E-state index in [0.717, 1.165) is 11.3 Å². The summed E-state index contributed by atoms with van der Waals surface area (Å²) in [5, 5.41) is 3.68. The van der Waals surface area contributed by atoms with E-state index in [4.69, 9.17) is 37.1 Å². The Balaban J connectivity index is 1.54. The molecule has 0 aliphatic rings. The van der Waals surface area contributed by atoms with Crippen LogP contribution in [-0.4, -0.2) is 12.0 Å². The molecule has 1 heterocycles. The molecule has 28 heavy (non-hydrogen) atoms. The maximum absolute atomic E-state index is 12.4. The van der Waals surface area contributed by atoms with Crippen LogP contribution in [0.2, 0.25) is 10.0 Å². The summed E-state index contributed by atoms with van der Waals surface area (Å²) >= 11 is 12.0. The Kier molecular flexibility index (Phi) is 6.98. The molecule has 1 unspecified atom stereocenters. The van der Waals surface area contributed by atoms with Gasteiger partial charge in [0.1, 0.15) is 18.1 Å². The Morgan fingerprint density at radius 3 is 2.71 bits per heavy atom. The van der Waals surface area contributed by atoms with E-state index in [2.05, 4.69) is 5.32 Å². The molecular formula is C21H19Cl2NO4. The third-order valence-corrected chi connectivity index (χ3v) is 4.39. The highest BCUT2D eigenvalue weighted by atomic mass is 35.5. The van der Waals surface area contributed by atoms with Crippen LogP contribution in [0.15, 0.2) is 65.3 Å². The molecule has 2 aromatic carbocycles. The lowest BCUT2D eigenvalue weighted by Gasteiger charge is -2.16. The first kappa shape index (κ1) is 20.3. The number of amides is 1. The highest BCUT2D eigenvalue weighted by Gasteiger charge is 2.16. The van der Waals surface area contributed by atoms with Crippen LogP contribution in [0.4, 0.5) is 5.69 Å². The van der Waals surface area contributed by atoms with Crippen LogP contribution in [0.1, 0.15) is 18.2 Å². The molecule has 3 aromatic rings. The minimum absolute atomic E-state index is 0.292. The molecule has 0 spiro atoms. The lowest BCUT2D eigenvalue weighted by molar-refractivity contribution is -0.122. The normalized spacial score (nSPS) is 11.8. The summed E-state index contributed by atoms with van der Waals surface area (Å²) in [6.45, 7) is 2.43. The number of benzene rings is 2. The van der Waals surface area contributed by atoms with Crippen LogP contribution in [0.5, 0.6) is 5.75 Å². The standard InChI is InChI=1S/C21H19Cl2NO4/c1-14(28-20-8-7-16(22)11-19(20)23)21(25)24-17-5-2-4-15(10-17)12-26-13-18-6-3-9-27-18/h2-11,14H,12-13H2,1H3,(H,24,25). The predicted octanol–water partition coefficient (Wildman–Crippen LogP) is 5.71. The Labute approximate surface area is 173 Å². The van der Waals surface area contributed by atoms with Crippen molar-refractivity contribution in [3.8, 4) is 5.75 Å². The van der Waals surface area contributed by atoms with Gasteiger partial charge in [0.15, 0.2) is 6.10 Å². The zero-order valence-electron chi connectivity index (χ0n) is 15.2. The van der Waals surface area contributed by atoms with Crippen LogP contribution in [0.3, 0.4) is 0 Å². The van der Waals surface area contributed by atoms with Crippen LogP contribution < -0.4 is 10.1 Å². The molecule has 146 valence electrons. The molecule has 0 aliphatic heterocycles. The summed E-state index contributed by atoms with van der Waals surface area (Å²) in [5.74, 6) is 0.866. The fourth-order valence-corrected chi connectivity index (χ4v) is 2.91. The molecule has 1 N–H and O–H groups in total. The van der Waals surface area contributed by atoms with Gasteiger partial charge in [-0.05, 0) is 55.0 Å². The van der Waals surface area contributed by atoms with Gasteiger partial charge < -0.3 is 19.2 Å². The quantitative estimate of drug-likeness (QED) is 0.507. The van der Waals surface area contributed by atoms with Crippen LogP contribution in [-0.2, 0) is 22.7 Å². The minimum Gasteiger partial charge on any atom is -0.479 e. The fourth-order valence-electron chi connectivity index (χ4n) is 2.46. The molecule has 1 aromatic heterocycles. The number of anilines is 1. The average molecular weight is 420 g/mol. The lowest BCUT2D eigenvalue weighted by Crippen LogP contribution is -2.30. The molecule has 0 saturated carbocycles. The second kappa shape index (κ2) is 9.64. The van der Waals surface area contributed by atoms with Crippen molar-refractivity contribution in [1.29, 1.82) is 0 Å². The summed E-state index contributed by atoms with van der Waals surface area (Å²) in [7, 11) is 0. The highest BCUT2D eigenvalue weighted by Crippen LogP contribution is 2.28. The van der Waals surface area contributed by atoms with Crippen molar-refractivity contribution in [1.82, 2.24) is 0 Å². The summed E-state index contributed by atoms with van der Waals surface area (Å²) < 4.78 is 16.5. The van der Waals surface area contributed by atoms with E-state index >= 15 is 0 Å². The van der Waals surface area contributed by atoms with Gasteiger partial charge in [-0.2, -0.15) is 0 Å². The van der Waals surface area contributed by atoms with Crippen molar-refractivity contribution in [3.05, 3.63) is 82.2 Å². The number of hydrogen-bond donors (Lipinski definition) is 1. The second-order valence-corrected chi connectivity index (χ2v) is 6.94. The van der Waals surface area contributed by atoms with Gasteiger partial charge in [0, 0.05) is 10.7 Å². The van der Waals surface area contributed by atoms with Crippen molar-refractivity contribution < 1.29 is 18.7 Å². The van der Waals surface area contributed by atoms with E-state index < -0.39 is 6.10 Å². The Hall–Kier alpha value is -2.47. The van der Waals surface area contributed by atoms with Crippen molar-refractivity contribution in [2.45, 2.75) is 26.2 Å². The van der Waals surface area contributed by atoms with Gasteiger partial charge in [-0.15, -0.1) is 0 Å². The number of hydrogen-bond acceptors (Lipinski definition) is 4. The molecular weight excluding hydrogens is 401 g/mol. The van der Waals surface area contributed by atoms with Gasteiger partial charge in [-0.25, -0.2) is 0 Å². The summed E-state index contributed by atoms with van der Waals surface area (Å²) in [6, 6.07) is 15.9. The summed E-state index contributed by atoms with van der Waals surface area (Å²) in [5.41, 5.74) is 1.58. The maximum atomic E-state index is 12.4. The maximum Gasteiger partial charge on any atom is 0.265 e. The van der Waals surface area contributed by atoms with E-state index in [1.807, 2.05) is 30.3 Å². The molecule has 0 saturated heterocycles. The van der Waals surface area contributed by atoms with E-state index in [1.54, 1.807) is 37.5 Å². The topological polar surface area (TPSA) is 60.7 Å². The third-order valence-electron chi connectivity index (χ3n) is 3.85. The number of rotatable bonds is 8. The number of nitrogens with one attached hydrogen (secondary N) is 1. The molecule has 5 nitrogen and oxygen atoms in total. The third kappa shape index (κ3) is 5.76. The number of carbonyl (C=O) groups excluding carboxylic acids is 1. The van der Waals surface area contributed by atoms with Crippen molar-refractivity contribution in [2.75, 3.05) is 5.32 Å². The van der Waals surface area contributed by atoms with Crippen LogP contribution >= 0.6 is 23.2 Å². The van der Waals surface area contributed by atoms with Crippen molar-refractivity contribution in [2.24, 2.45) is 0 Å². The monoisotopic (exact) mass is 419 g/mol. The van der Waals surface area contributed by atoms with Gasteiger partial charge in [0.25, 0.3) is 5.91 Å². The SMILES string of the molecule is CC(Oc1ccc(Cl)cc1Cl)C(=O)Nc1cccc(COCc2ccco2)c1. The number of carbonyl (C=O) groups is 1. The first-order valence-electron chi connectivity index (χ1n) is 8.63. The number of ether oxygens (including phenoxy) is 2. The zero-order valence-corrected chi connectivity index (χ0v) is 16.7. The Morgan fingerprint density at radius 1 is 1.11 bits per heavy atom.